The summed E-state index contributed by atoms with van der Waals surface area (Å²) in [6, 6.07) is 98.6. The standard InChI is InChI=1S/2C34H27BO3S.C34H27BO2S2/c1-33(2)34(3,4)38-35(37-33)26-12-8-13-28-32(26)24-18-22(15-16-27(24)36-28)23-11-7-14-29-31(23)25-17-20-9-5-6-10-21(20)19-30(25)39-29;1-33(2)34(3,4)38-35(37-33)26-17-22(18-28-32(26)24-12-7-8-14-27(24)36-28)23-13-9-15-29-31(23)25-16-20-10-5-6-11-21(20)19-30(25)39-29;1-33(2)34(3,4)37-35(36-33)25-13-9-15-28-31(25)24-18-21(16-17-27(24)38-28)30-22-11-6-5-10-20(22)19-29-32(30)23-12-7-8-14-26(23)39-29/h3*5-19H,1-4H3. The van der Waals surface area contributed by atoms with Crippen LogP contribution in [0, 0.1) is 0 Å². The molecule has 0 unspecified atom stereocenters. The zero-order valence-electron chi connectivity index (χ0n) is 67.1. The van der Waals surface area contributed by atoms with Crippen LogP contribution in [-0.2, 0) is 27.9 Å². The van der Waals surface area contributed by atoms with Crippen molar-refractivity contribution in [3.8, 4) is 33.4 Å². The third-order valence-electron chi connectivity index (χ3n) is 26.1. The van der Waals surface area contributed by atoms with Crippen molar-refractivity contribution in [2.75, 3.05) is 0 Å². The highest BCUT2D eigenvalue weighted by Crippen LogP contribution is 2.51. The molecule has 3 aliphatic rings. The molecule has 0 radical (unpaired) electrons. The Balaban J connectivity index is 0.000000106. The molecule has 0 aliphatic carbocycles. The molecule has 0 amide bonds. The quantitative estimate of drug-likeness (QED) is 0.152. The molecule has 3 aliphatic heterocycles. The maximum atomic E-state index is 6.60. The van der Waals surface area contributed by atoms with E-state index in [-0.39, 0.29) is 11.2 Å². The lowest BCUT2D eigenvalue weighted by molar-refractivity contribution is 0.00578. The summed E-state index contributed by atoms with van der Waals surface area (Å²) in [6.45, 7) is 25.2. The average molecular weight is 1600 g/mol. The molecule has 0 bridgehead atoms. The highest BCUT2D eigenvalue weighted by atomic mass is 32.1. The van der Waals surface area contributed by atoms with Gasteiger partial charge in [0.2, 0.25) is 0 Å². The van der Waals surface area contributed by atoms with Crippen molar-refractivity contribution in [3.63, 3.8) is 0 Å². The first-order valence-electron chi connectivity index (χ1n) is 40.3. The summed E-state index contributed by atoms with van der Waals surface area (Å²) in [6.07, 6.45) is 0. The second-order valence-electron chi connectivity index (χ2n) is 34.8. The van der Waals surface area contributed by atoms with Gasteiger partial charge < -0.3 is 36.8 Å². The summed E-state index contributed by atoms with van der Waals surface area (Å²) in [7, 11) is -1.35. The van der Waals surface area contributed by atoms with E-state index in [0.29, 0.717) is 0 Å². The number of thiophene rings is 4. The molecule has 3 fully saturated rings. The Kier molecular flexibility index (Phi) is 16.5. The Morgan fingerprint density at radius 1 is 0.214 bits per heavy atom. The SMILES string of the molecule is CC1(C)OB(c2cc(-c3cccc4sc5cc6ccccc6cc5c34)cc3oc4ccccc4c23)OC1(C)C.CC1(C)OB(c2cccc3oc4ccc(-c5cccc6sc7cc8ccccc8cc7c56)cc4c23)OC1(C)C.CC1(C)OB(c2cccc3sc4ccc(-c5c6ccccc6cc6sc7ccccc7c56)cc4c23)OC1(C)C. The zero-order valence-corrected chi connectivity index (χ0v) is 70.4. The van der Waals surface area contributed by atoms with E-state index in [9.17, 15) is 0 Å². The number of benzene rings is 15. The number of fused-ring (bicyclic) bond motifs is 21. The minimum Gasteiger partial charge on any atom is -0.456 e. The van der Waals surface area contributed by atoms with Gasteiger partial charge in [-0.1, -0.05) is 176 Å². The second kappa shape index (κ2) is 26.5. The number of para-hydroxylation sites is 1. The van der Waals surface area contributed by atoms with Crippen LogP contribution in [-0.4, -0.2) is 55.0 Å². The lowest BCUT2D eigenvalue weighted by Crippen LogP contribution is -2.41. The Bertz CT molecular complexity index is 7690. The largest absolute Gasteiger partial charge is 0.495 e. The molecule has 6 aromatic heterocycles. The topological polar surface area (TPSA) is 81.7 Å². The van der Waals surface area contributed by atoms with Gasteiger partial charge in [0.05, 0.1) is 33.6 Å². The van der Waals surface area contributed by atoms with E-state index in [1.165, 1.54) is 141 Å². The summed E-state index contributed by atoms with van der Waals surface area (Å²) in [5.74, 6) is 0. The van der Waals surface area contributed by atoms with E-state index < -0.39 is 43.8 Å². The van der Waals surface area contributed by atoms with Crippen LogP contribution in [0.25, 0.3) is 190 Å². The highest BCUT2D eigenvalue weighted by molar-refractivity contribution is 7.27. The van der Waals surface area contributed by atoms with Crippen LogP contribution in [0.5, 0.6) is 0 Å². The van der Waals surface area contributed by atoms with Crippen molar-refractivity contribution in [1.82, 2.24) is 0 Å². The van der Waals surface area contributed by atoms with Crippen LogP contribution in [0.4, 0.5) is 0 Å². The van der Waals surface area contributed by atoms with Gasteiger partial charge in [-0.2, -0.15) is 0 Å². The van der Waals surface area contributed by atoms with Gasteiger partial charge in [-0.05, 0) is 262 Å². The van der Waals surface area contributed by atoms with E-state index in [2.05, 4.69) is 332 Å². The molecule has 0 atom stereocenters. The smallest absolute Gasteiger partial charge is 0.456 e. The molecule has 24 rings (SSSR count). The molecular weight excluding hydrogens is 1510 g/mol. The molecule has 15 heteroatoms. The maximum Gasteiger partial charge on any atom is 0.495 e. The van der Waals surface area contributed by atoms with Crippen molar-refractivity contribution in [2.24, 2.45) is 0 Å². The lowest BCUT2D eigenvalue weighted by atomic mass is 9.75. The first kappa shape index (κ1) is 72.9. The summed E-state index contributed by atoms with van der Waals surface area (Å²) in [4.78, 5) is 0. The van der Waals surface area contributed by atoms with Gasteiger partial charge in [0.25, 0.3) is 0 Å². The van der Waals surface area contributed by atoms with Crippen molar-refractivity contribution in [2.45, 2.75) is 117 Å². The van der Waals surface area contributed by atoms with Crippen molar-refractivity contribution < 1.29 is 36.8 Å². The van der Waals surface area contributed by atoms with Gasteiger partial charge in [-0.15, -0.1) is 45.3 Å². The third kappa shape index (κ3) is 11.7. The number of hydrogen-bond donors (Lipinski definition) is 0. The lowest BCUT2D eigenvalue weighted by Gasteiger charge is -2.32. The number of furan rings is 2. The summed E-state index contributed by atoms with van der Waals surface area (Å²) >= 11 is 7.43. The Morgan fingerprint density at radius 3 is 1.21 bits per heavy atom. The summed E-state index contributed by atoms with van der Waals surface area (Å²) in [5.41, 5.74) is 11.3. The average Bonchev–Trinajstić information content (AvgIpc) is 1.61. The van der Waals surface area contributed by atoms with Gasteiger partial charge in [0, 0.05) is 102 Å². The minimum atomic E-state index is -0.499. The fraction of sp³-hybridized carbons (Fsp3) is 0.176. The molecule has 3 saturated heterocycles. The molecule has 570 valence electrons. The first-order valence-corrected chi connectivity index (χ1v) is 43.6. The van der Waals surface area contributed by atoms with E-state index in [1.54, 1.807) is 0 Å². The molecule has 8 nitrogen and oxygen atoms in total. The van der Waals surface area contributed by atoms with Crippen LogP contribution in [0.1, 0.15) is 83.1 Å². The van der Waals surface area contributed by atoms with Crippen LogP contribution in [0.15, 0.2) is 282 Å². The van der Waals surface area contributed by atoms with Crippen LogP contribution >= 0.6 is 45.3 Å². The fourth-order valence-electron chi connectivity index (χ4n) is 17.9. The van der Waals surface area contributed by atoms with E-state index in [1.807, 2.05) is 69.6 Å². The normalized spacial score (nSPS) is 16.9. The van der Waals surface area contributed by atoms with E-state index >= 15 is 0 Å². The number of rotatable bonds is 6. The van der Waals surface area contributed by atoms with Gasteiger partial charge in [-0.3, -0.25) is 0 Å². The Labute approximate surface area is 694 Å². The van der Waals surface area contributed by atoms with Gasteiger partial charge in [0.15, 0.2) is 0 Å². The summed E-state index contributed by atoms with van der Waals surface area (Å²) in [5, 5.41) is 22.3. The number of hydrogen-bond acceptors (Lipinski definition) is 12. The second-order valence-corrected chi connectivity index (χ2v) is 39.1. The third-order valence-corrected chi connectivity index (χ3v) is 30.6. The molecule has 21 aromatic rings. The van der Waals surface area contributed by atoms with Crippen LogP contribution in [0.2, 0.25) is 0 Å². The predicted octanol–water partition coefficient (Wildman–Crippen LogP) is 27.7. The summed E-state index contributed by atoms with van der Waals surface area (Å²) < 4.78 is 62.3. The maximum absolute atomic E-state index is 6.60. The van der Waals surface area contributed by atoms with Crippen molar-refractivity contribution >= 4 is 240 Å². The predicted molar refractivity (Wildman–Crippen MR) is 501 cm³/mol. The van der Waals surface area contributed by atoms with Crippen LogP contribution < -0.4 is 16.4 Å². The van der Waals surface area contributed by atoms with Crippen molar-refractivity contribution in [1.29, 1.82) is 0 Å². The molecule has 117 heavy (non-hydrogen) atoms. The fourth-order valence-corrected chi connectivity index (χ4v) is 22.5. The van der Waals surface area contributed by atoms with Gasteiger partial charge >= 0.3 is 21.4 Å². The minimum absolute atomic E-state index is 0.384. The molecule has 15 aromatic carbocycles. The molecule has 0 saturated carbocycles. The Morgan fingerprint density at radius 2 is 0.607 bits per heavy atom. The monoisotopic (exact) mass is 1590 g/mol. The molecular formula is C102H81B3O8S4. The van der Waals surface area contributed by atoms with Crippen LogP contribution in [0.3, 0.4) is 0 Å². The van der Waals surface area contributed by atoms with Crippen molar-refractivity contribution in [3.05, 3.63) is 273 Å². The Hall–Kier alpha value is -10.5. The van der Waals surface area contributed by atoms with E-state index in [0.717, 1.165) is 65.8 Å². The van der Waals surface area contributed by atoms with Gasteiger partial charge in [0.1, 0.15) is 22.3 Å². The molecule has 9 heterocycles. The van der Waals surface area contributed by atoms with E-state index in [4.69, 9.17) is 36.8 Å². The highest BCUT2D eigenvalue weighted by Gasteiger charge is 2.55. The first-order chi connectivity index (χ1) is 56.4. The van der Waals surface area contributed by atoms with Gasteiger partial charge in [-0.25, -0.2) is 0 Å². The zero-order chi connectivity index (χ0) is 79.6. The molecule has 0 N–H and O–H groups in total. The molecule has 0 spiro atoms.